The van der Waals surface area contributed by atoms with Crippen LogP contribution in [0.1, 0.15) is 58.8 Å². The zero-order chi connectivity index (χ0) is 17.1. The van der Waals surface area contributed by atoms with Crippen LogP contribution in [0.4, 0.5) is 0 Å². The van der Waals surface area contributed by atoms with Crippen LogP contribution in [0.15, 0.2) is 0 Å². The van der Waals surface area contributed by atoms with Crippen LogP contribution in [-0.4, -0.2) is 48.4 Å². The molecule has 0 spiro atoms. The monoisotopic (exact) mass is 335 g/mol. The third-order valence-electron chi connectivity index (χ3n) is 6.00. The molecular formula is C19H33N3O2. The van der Waals surface area contributed by atoms with Gasteiger partial charge in [-0.05, 0) is 50.4 Å². The van der Waals surface area contributed by atoms with Crippen LogP contribution in [0.2, 0.25) is 0 Å². The predicted octanol–water partition coefficient (Wildman–Crippen LogP) is 1.92. The number of carbonyl (C=O) groups is 2. The van der Waals surface area contributed by atoms with Crippen molar-refractivity contribution in [3.8, 4) is 0 Å². The number of nitrogens with one attached hydrogen (secondary N) is 2. The van der Waals surface area contributed by atoms with Gasteiger partial charge in [0.25, 0.3) is 0 Å². The lowest BCUT2D eigenvalue weighted by molar-refractivity contribution is -0.134. The average molecular weight is 335 g/mol. The lowest BCUT2D eigenvalue weighted by Crippen LogP contribution is -2.45. The van der Waals surface area contributed by atoms with E-state index in [9.17, 15) is 9.59 Å². The fraction of sp³-hybridized carbons (Fsp3) is 0.895. The number of piperidine rings is 2. The normalized spacial score (nSPS) is 32.9. The zero-order valence-corrected chi connectivity index (χ0v) is 15.2. The maximum Gasteiger partial charge on any atom is 0.222 e. The number of rotatable bonds is 5. The number of fused-ring (bicyclic) bond motifs is 2. The van der Waals surface area contributed by atoms with E-state index in [0.29, 0.717) is 36.4 Å². The molecule has 3 aliphatic heterocycles. The van der Waals surface area contributed by atoms with E-state index in [1.54, 1.807) is 0 Å². The van der Waals surface area contributed by atoms with Crippen LogP contribution in [0.25, 0.3) is 0 Å². The molecular weight excluding hydrogens is 302 g/mol. The molecule has 136 valence electrons. The van der Waals surface area contributed by atoms with Gasteiger partial charge in [0, 0.05) is 44.1 Å². The lowest BCUT2D eigenvalue weighted by atomic mass is 9.88. The second kappa shape index (κ2) is 7.85. The summed E-state index contributed by atoms with van der Waals surface area (Å²) in [5, 5.41) is 6.68. The first-order chi connectivity index (χ1) is 11.5. The Balaban J connectivity index is 1.44. The molecule has 3 fully saturated rings. The van der Waals surface area contributed by atoms with Gasteiger partial charge >= 0.3 is 0 Å². The molecule has 3 saturated heterocycles. The minimum absolute atomic E-state index is 0.0293. The Bertz CT molecular complexity index is 454. The highest BCUT2D eigenvalue weighted by Gasteiger charge is 2.35. The molecule has 0 saturated carbocycles. The number of hydrogen-bond acceptors (Lipinski definition) is 3. The molecule has 0 aromatic heterocycles. The largest absolute Gasteiger partial charge is 0.356 e. The van der Waals surface area contributed by atoms with Gasteiger partial charge in [-0.2, -0.15) is 0 Å². The minimum Gasteiger partial charge on any atom is -0.356 e. The molecule has 5 nitrogen and oxygen atoms in total. The summed E-state index contributed by atoms with van der Waals surface area (Å²) in [6, 6.07) is 1.31. The SMILES string of the molecule is CC(C)C(=O)NCC1CCCN(C(=O)CC2CC3CCC(C2)N3)C1. The van der Waals surface area contributed by atoms with Crippen molar-refractivity contribution < 1.29 is 9.59 Å². The number of hydrogen-bond donors (Lipinski definition) is 2. The van der Waals surface area contributed by atoms with Gasteiger partial charge in [-0.25, -0.2) is 0 Å². The summed E-state index contributed by atoms with van der Waals surface area (Å²) >= 11 is 0. The average Bonchev–Trinajstić information content (AvgIpc) is 2.91. The van der Waals surface area contributed by atoms with E-state index in [4.69, 9.17) is 0 Å². The van der Waals surface area contributed by atoms with Crippen LogP contribution in [0.3, 0.4) is 0 Å². The quantitative estimate of drug-likeness (QED) is 0.807. The standard InChI is InChI=1S/C19H33N3O2/c1-13(2)19(24)20-11-14-4-3-7-22(12-14)18(23)10-15-8-16-5-6-17(9-15)21-16/h13-17,21H,3-12H2,1-2H3,(H,20,24). The summed E-state index contributed by atoms with van der Waals surface area (Å²) in [4.78, 5) is 26.5. The van der Waals surface area contributed by atoms with Crippen LogP contribution in [-0.2, 0) is 9.59 Å². The molecule has 2 bridgehead atoms. The second-order valence-corrected chi connectivity index (χ2v) is 8.43. The van der Waals surface area contributed by atoms with Crippen LogP contribution >= 0.6 is 0 Å². The van der Waals surface area contributed by atoms with E-state index in [0.717, 1.165) is 32.4 Å². The van der Waals surface area contributed by atoms with Gasteiger partial charge in [0.15, 0.2) is 0 Å². The van der Waals surface area contributed by atoms with Gasteiger partial charge in [-0.15, -0.1) is 0 Å². The second-order valence-electron chi connectivity index (χ2n) is 8.43. The van der Waals surface area contributed by atoms with Gasteiger partial charge < -0.3 is 15.5 Å². The Morgan fingerprint density at radius 2 is 1.83 bits per heavy atom. The third kappa shape index (κ3) is 4.50. The van der Waals surface area contributed by atoms with Gasteiger partial charge in [0.05, 0.1) is 0 Å². The number of likely N-dealkylation sites (tertiary alicyclic amines) is 1. The highest BCUT2D eigenvalue weighted by molar-refractivity contribution is 5.78. The Hall–Kier alpha value is -1.10. The Kier molecular flexibility index (Phi) is 5.80. The fourth-order valence-corrected chi connectivity index (χ4v) is 4.63. The zero-order valence-electron chi connectivity index (χ0n) is 15.2. The van der Waals surface area contributed by atoms with Gasteiger partial charge in [-0.1, -0.05) is 13.8 Å². The smallest absolute Gasteiger partial charge is 0.222 e. The van der Waals surface area contributed by atoms with E-state index in [-0.39, 0.29) is 11.8 Å². The van der Waals surface area contributed by atoms with E-state index in [2.05, 4.69) is 15.5 Å². The van der Waals surface area contributed by atoms with E-state index >= 15 is 0 Å². The van der Waals surface area contributed by atoms with E-state index in [1.165, 1.54) is 25.7 Å². The van der Waals surface area contributed by atoms with Crippen molar-refractivity contribution in [3.05, 3.63) is 0 Å². The molecule has 2 N–H and O–H groups in total. The molecule has 0 aliphatic carbocycles. The van der Waals surface area contributed by atoms with Crippen LogP contribution < -0.4 is 10.6 Å². The molecule has 24 heavy (non-hydrogen) atoms. The van der Waals surface area contributed by atoms with Gasteiger partial charge in [-0.3, -0.25) is 9.59 Å². The highest BCUT2D eigenvalue weighted by atomic mass is 16.2. The molecule has 2 amide bonds. The topological polar surface area (TPSA) is 61.4 Å². The summed E-state index contributed by atoms with van der Waals surface area (Å²) in [5.41, 5.74) is 0. The summed E-state index contributed by atoms with van der Waals surface area (Å²) in [7, 11) is 0. The molecule has 3 heterocycles. The summed E-state index contributed by atoms with van der Waals surface area (Å²) in [6.45, 7) is 6.25. The van der Waals surface area contributed by atoms with Crippen molar-refractivity contribution in [1.82, 2.24) is 15.5 Å². The first-order valence-electron chi connectivity index (χ1n) is 9.82. The highest BCUT2D eigenvalue weighted by Crippen LogP contribution is 2.33. The fourth-order valence-electron chi connectivity index (χ4n) is 4.63. The maximum atomic E-state index is 12.7. The minimum atomic E-state index is 0.0293. The van der Waals surface area contributed by atoms with Gasteiger partial charge in [0.2, 0.25) is 11.8 Å². The van der Waals surface area contributed by atoms with Crippen LogP contribution in [0, 0.1) is 17.8 Å². The molecule has 3 unspecified atom stereocenters. The number of amides is 2. The van der Waals surface area contributed by atoms with Crippen molar-refractivity contribution in [2.24, 2.45) is 17.8 Å². The third-order valence-corrected chi connectivity index (χ3v) is 6.00. The van der Waals surface area contributed by atoms with Gasteiger partial charge in [0.1, 0.15) is 0 Å². The lowest BCUT2D eigenvalue weighted by Gasteiger charge is -2.35. The van der Waals surface area contributed by atoms with E-state index < -0.39 is 0 Å². The molecule has 0 aromatic rings. The Morgan fingerprint density at radius 1 is 1.12 bits per heavy atom. The summed E-state index contributed by atoms with van der Waals surface area (Å²) in [5.74, 6) is 1.46. The number of carbonyl (C=O) groups excluding carboxylic acids is 2. The Morgan fingerprint density at radius 3 is 2.50 bits per heavy atom. The van der Waals surface area contributed by atoms with Crippen molar-refractivity contribution in [3.63, 3.8) is 0 Å². The molecule has 0 aromatic carbocycles. The van der Waals surface area contributed by atoms with Crippen molar-refractivity contribution in [2.75, 3.05) is 19.6 Å². The van der Waals surface area contributed by atoms with Crippen molar-refractivity contribution in [1.29, 1.82) is 0 Å². The molecule has 5 heteroatoms. The van der Waals surface area contributed by atoms with Crippen molar-refractivity contribution in [2.45, 2.75) is 70.9 Å². The number of nitrogens with zero attached hydrogens (tertiary/aromatic N) is 1. The van der Waals surface area contributed by atoms with E-state index in [1.807, 2.05) is 13.8 Å². The molecule has 0 radical (unpaired) electrons. The maximum absolute atomic E-state index is 12.7. The van der Waals surface area contributed by atoms with Crippen molar-refractivity contribution >= 4 is 11.8 Å². The Labute approximate surface area is 145 Å². The van der Waals surface area contributed by atoms with Crippen LogP contribution in [0.5, 0.6) is 0 Å². The summed E-state index contributed by atoms with van der Waals surface area (Å²) in [6.07, 6.45) is 7.81. The molecule has 3 atom stereocenters. The predicted molar refractivity (Wildman–Crippen MR) is 94.4 cm³/mol. The summed E-state index contributed by atoms with van der Waals surface area (Å²) < 4.78 is 0. The molecule has 3 aliphatic rings. The first kappa shape index (κ1) is 17.7. The molecule has 3 rings (SSSR count). The first-order valence-corrected chi connectivity index (χ1v) is 9.82.